The molecule has 0 bridgehead atoms. The summed E-state index contributed by atoms with van der Waals surface area (Å²) in [7, 11) is 2.02. The fraction of sp³-hybridized carbons (Fsp3) is 0.440. The summed E-state index contributed by atoms with van der Waals surface area (Å²) in [5.41, 5.74) is 2.70. The Morgan fingerprint density at radius 1 is 0.938 bits per heavy atom. The number of rotatable bonds is 2. The van der Waals surface area contributed by atoms with E-state index in [1.807, 2.05) is 33.9 Å². The van der Waals surface area contributed by atoms with Gasteiger partial charge >= 0.3 is 0 Å². The number of carbonyl (C=O) groups excluding carboxylic acids is 2. The molecule has 2 fully saturated rings. The Bertz CT molecular complexity index is 1030. The van der Waals surface area contributed by atoms with Crippen LogP contribution in [0.1, 0.15) is 46.4 Å². The van der Waals surface area contributed by atoms with Crippen LogP contribution in [0.25, 0.3) is 0 Å². The van der Waals surface area contributed by atoms with Crippen molar-refractivity contribution in [3.05, 3.63) is 59.4 Å². The van der Waals surface area contributed by atoms with Crippen molar-refractivity contribution < 1.29 is 14.0 Å². The van der Waals surface area contributed by atoms with Gasteiger partial charge in [-0.3, -0.25) is 9.59 Å². The van der Waals surface area contributed by atoms with Crippen molar-refractivity contribution in [3.8, 4) is 0 Å². The van der Waals surface area contributed by atoms with Crippen LogP contribution in [0.4, 0.5) is 15.8 Å². The average Bonchev–Trinajstić information content (AvgIpc) is 3.09. The van der Waals surface area contributed by atoms with E-state index in [0.717, 1.165) is 37.9 Å². The Balaban J connectivity index is 1.33. The second kappa shape index (κ2) is 8.45. The summed E-state index contributed by atoms with van der Waals surface area (Å²) in [6.45, 7) is 3.05. The van der Waals surface area contributed by atoms with E-state index in [0.29, 0.717) is 43.0 Å². The first-order chi connectivity index (χ1) is 15.5. The number of amides is 2. The monoisotopic (exact) mass is 436 g/mol. The Morgan fingerprint density at radius 3 is 2.50 bits per heavy atom. The lowest BCUT2D eigenvalue weighted by atomic mass is 10.0. The number of piperazine rings is 1. The normalized spacial score (nSPS) is 21.2. The highest BCUT2D eigenvalue weighted by Gasteiger charge is 2.37. The molecule has 0 aliphatic carbocycles. The molecule has 7 heteroatoms. The number of anilines is 2. The number of carbonyl (C=O) groups is 2. The number of fused-ring (bicyclic) bond motifs is 2. The molecule has 2 amide bonds. The number of hydrogen-bond acceptors (Lipinski definition) is 4. The van der Waals surface area contributed by atoms with E-state index in [2.05, 4.69) is 4.90 Å². The van der Waals surface area contributed by atoms with Crippen molar-refractivity contribution in [2.24, 2.45) is 0 Å². The van der Waals surface area contributed by atoms with Gasteiger partial charge in [-0.15, -0.1) is 0 Å². The van der Waals surface area contributed by atoms with Crippen molar-refractivity contribution in [3.63, 3.8) is 0 Å². The number of benzene rings is 2. The Kier molecular flexibility index (Phi) is 5.49. The molecule has 3 aliphatic rings. The number of nitrogens with zero attached hydrogens (tertiary/aromatic N) is 4. The third-order valence-electron chi connectivity index (χ3n) is 7.04. The van der Waals surface area contributed by atoms with Crippen LogP contribution >= 0.6 is 0 Å². The van der Waals surface area contributed by atoms with E-state index < -0.39 is 0 Å². The number of hydrogen-bond donors (Lipinski definition) is 0. The topological polar surface area (TPSA) is 47.1 Å². The van der Waals surface area contributed by atoms with Gasteiger partial charge in [0.05, 0.1) is 16.9 Å². The van der Waals surface area contributed by atoms with Crippen LogP contribution < -0.4 is 9.80 Å². The van der Waals surface area contributed by atoms with Crippen molar-refractivity contribution >= 4 is 23.2 Å². The average molecular weight is 437 g/mol. The van der Waals surface area contributed by atoms with Gasteiger partial charge in [0.25, 0.3) is 11.8 Å². The Labute approximate surface area is 188 Å². The molecule has 3 heterocycles. The summed E-state index contributed by atoms with van der Waals surface area (Å²) in [5.74, 6) is -0.199. The van der Waals surface area contributed by atoms with Gasteiger partial charge in [-0.1, -0.05) is 18.6 Å². The molecule has 5 rings (SSSR count). The molecule has 2 aromatic rings. The van der Waals surface area contributed by atoms with E-state index in [4.69, 9.17) is 0 Å². The molecule has 0 N–H and O–H groups in total. The van der Waals surface area contributed by atoms with Gasteiger partial charge in [0.1, 0.15) is 12.0 Å². The van der Waals surface area contributed by atoms with Crippen LogP contribution in [-0.4, -0.2) is 67.6 Å². The van der Waals surface area contributed by atoms with Gasteiger partial charge in [-0.2, -0.15) is 0 Å². The third-order valence-corrected chi connectivity index (χ3v) is 7.04. The van der Waals surface area contributed by atoms with Gasteiger partial charge in [-0.05, 0) is 49.6 Å². The SMILES string of the molecule is CN1c2cc(C(=O)N3CCN(c4ccccc4F)CC3)ccc2C(=O)N2CCCCC[C@H]21. The maximum atomic E-state index is 14.1. The van der Waals surface area contributed by atoms with Crippen molar-refractivity contribution in [1.29, 1.82) is 0 Å². The quantitative estimate of drug-likeness (QED) is 0.722. The van der Waals surface area contributed by atoms with Crippen LogP contribution in [0.5, 0.6) is 0 Å². The summed E-state index contributed by atoms with van der Waals surface area (Å²) in [5, 5.41) is 0. The van der Waals surface area contributed by atoms with Crippen LogP contribution in [0.15, 0.2) is 42.5 Å². The predicted molar refractivity (Wildman–Crippen MR) is 123 cm³/mol. The Morgan fingerprint density at radius 2 is 1.72 bits per heavy atom. The molecular formula is C25H29FN4O2. The summed E-state index contributed by atoms with van der Waals surface area (Å²) in [4.78, 5) is 34.3. The van der Waals surface area contributed by atoms with E-state index in [1.165, 1.54) is 6.07 Å². The fourth-order valence-electron chi connectivity index (χ4n) is 5.22. The minimum atomic E-state index is -0.234. The van der Waals surface area contributed by atoms with Gasteiger partial charge in [0, 0.05) is 45.3 Å². The third kappa shape index (κ3) is 3.59. The molecule has 168 valence electrons. The minimum absolute atomic E-state index is 0.0369. The predicted octanol–water partition coefficient (Wildman–Crippen LogP) is 3.58. The van der Waals surface area contributed by atoms with Crippen molar-refractivity contribution in [2.75, 3.05) is 49.6 Å². The van der Waals surface area contributed by atoms with Crippen molar-refractivity contribution in [2.45, 2.75) is 31.8 Å². The zero-order valence-corrected chi connectivity index (χ0v) is 18.5. The van der Waals surface area contributed by atoms with Crippen LogP contribution in [0.3, 0.4) is 0 Å². The smallest absolute Gasteiger partial charge is 0.257 e. The van der Waals surface area contributed by atoms with Crippen LogP contribution in [-0.2, 0) is 0 Å². The molecule has 0 saturated carbocycles. The molecule has 0 unspecified atom stereocenters. The van der Waals surface area contributed by atoms with Crippen LogP contribution in [0, 0.1) is 5.82 Å². The van der Waals surface area contributed by atoms with E-state index in [1.54, 1.807) is 24.3 Å². The second-order valence-electron chi connectivity index (χ2n) is 8.90. The highest BCUT2D eigenvalue weighted by atomic mass is 19.1. The molecular weight excluding hydrogens is 407 g/mol. The number of para-hydroxylation sites is 1. The molecule has 2 aromatic carbocycles. The first-order valence-electron chi connectivity index (χ1n) is 11.5. The summed E-state index contributed by atoms with van der Waals surface area (Å²) >= 11 is 0. The molecule has 32 heavy (non-hydrogen) atoms. The Hall–Kier alpha value is -3.09. The molecule has 3 aliphatic heterocycles. The maximum Gasteiger partial charge on any atom is 0.257 e. The molecule has 0 spiro atoms. The standard InChI is InChI=1S/C25H29FN4O2/c1-27-22-17-18(10-11-19(22)25(32)30-12-6-2-3-9-23(27)30)24(31)29-15-13-28(14-16-29)21-8-5-4-7-20(21)26/h4-5,7-8,10-11,17,23H,2-3,6,9,12-16H2,1H3/t23-/m0/s1. The highest BCUT2D eigenvalue weighted by molar-refractivity contribution is 6.04. The summed E-state index contributed by atoms with van der Waals surface area (Å²) in [6.07, 6.45) is 4.32. The lowest BCUT2D eigenvalue weighted by Crippen LogP contribution is -2.53. The first kappa shape index (κ1) is 20.8. The van der Waals surface area contributed by atoms with Gasteiger partial charge in [0.2, 0.25) is 0 Å². The fourth-order valence-corrected chi connectivity index (χ4v) is 5.22. The summed E-state index contributed by atoms with van der Waals surface area (Å²) < 4.78 is 14.1. The first-order valence-corrected chi connectivity index (χ1v) is 11.5. The van der Waals surface area contributed by atoms with Gasteiger partial charge < -0.3 is 19.6 Å². The van der Waals surface area contributed by atoms with Crippen molar-refractivity contribution in [1.82, 2.24) is 9.80 Å². The van der Waals surface area contributed by atoms with E-state index >= 15 is 0 Å². The molecule has 6 nitrogen and oxygen atoms in total. The second-order valence-corrected chi connectivity index (χ2v) is 8.90. The largest absolute Gasteiger partial charge is 0.366 e. The lowest BCUT2D eigenvalue weighted by molar-refractivity contribution is 0.0659. The highest BCUT2D eigenvalue weighted by Crippen LogP contribution is 2.34. The zero-order valence-electron chi connectivity index (χ0n) is 18.5. The molecule has 1 atom stereocenters. The minimum Gasteiger partial charge on any atom is -0.366 e. The lowest BCUT2D eigenvalue weighted by Gasteiger charge is -2.43. The molecule has 2 saturated heterocycles. The number of halogens is 1. The van der Waals surface area contributed by atoms with E-state index in [-0.39, 0.29) is 23.8 Å². The van der Waals surface area contributed by atoms with E-state index in [9.17, 15) is 14.0 Å². The molecule has 0 aromatic heterocycles. The maximum absolute atomic E-state index is 14.1. The van der Waals surface area contributed by atoms with Crippen LogP contribution in [0.2, 0.25) is 0 Å². The van der Waals surface area contributed by atoms with Gasteiger partial charge in [-0.25, -0.2) is 4.39 Å². The van der Waals surface area contributed by atoms with Gasteiger partial charge in [0.15, 0.2) is 0 Å². The summed E-state index contributed by atoms with van der Waals surface area (Å²) in [6, 6.07) is 12.2. The molecule has 0 radical (unpaired) electrons. The zero-order chi connectivity index (χ0) is 22.2.